The Bertz CT molecular complexity index is 938. The van der Waals surface area contributed by atoms with Gasteiger partial charge in [0.25, 0.3) is 0 Å². The van der Waals surface area contributed by atoms with E-state index in [9.17, 15) is 19.4 Å². The number of carbonyl (C=O) groups is 1. The zero-order valence-electron chi connectivity index (χ0n) is 36.2. The smallest absolute Gasteiger partial charge is 0.387 e. The molecule has 320 valence electrons. The topological polar surface area (TPSA) is 105 Å². The Kier molecular flexibility index (Phi) is 36.8. The van der Waals surface area contributed by atoms with Gasteiger partial charge < -0.3 is 19.8 Å². The maximum atomic E-state index is 12.3. The van der Waals surface area contributed by atoms with Crippen LogP contribution >= 0.6 is 7.82 Å². The molecule has 3 atom stereocenters. The summed E-state index contributed by atoms with van der Waals surface area (Å²) in [5.74, 6) is -0.240. The molecule has 0 aromatic carbocycles. The van der Waals surface area contributed by atoms with E-state index in [0.717, 1.165) is 19.3 Å². The molecule has 0 saturated carbocycles. The van der Waals surface area contributed by atoms with Crippen LogP contribution in [-0.4, -0.2) is 73.4 Å². The molecular formula is C45H90N2O6P+. The van der Waals surface area contributed by atoms with E-state index in [4.69, 9.17) is 9.05 Å². The monoisotopic (exact) mass is 786 g/mol. The lowest BCUT2D eigenvalue weighted by molar-refractivity contribution is -0.870. The Balaban J connectivity index is 3.76. The SMILES string of the molecule is CCCCCCCCCCCCCCCCCCCCCCCCCCC/C=C/CC/C=C/C(O)C(COP(=O)(O)OCC[N+](C)(C)C)NC(=O)CCC. The van der Waals surface area contributed by atoms with Gasteiger partial charge in [0.15, 0.2) is 0 Å². The highest BCUT2D eigenvalue weighted by Gasteiger charge is 2.27. The van der Waals surface area contributed by atoms with E-state index in [0.29, 0.717) is 23.9 Å². The van der Waals surface area contributed by atoms with E-state index >= 15 is 0 Å². The lowest BCUT2D eigenvalue weighted by atomic mass is 10.0. The van der Waals surface area contributed by atoms with Crippen molar-refractivity contribution in [2.24, 2.45) is 0 Å². The minimum Gasteiger partial charge on any atom is -0.387 e. The minimum absolute atomic E-state index is 0.0554. The summed E-state index contributed by atoms with van der Waals surface area (Å²) < 4.78 is 23.1. The van der Waals surface area contributed by atoms with E-state index in [1.54, 1.807) is 6.08 Å². The molecular weight excluding hydrogens is 695 g/mol. The Morgan fingerprint density at radius 2 is 1.02 bits per heavy atom. The lowest BCUT2D eigenvalue weighted by Gasteiger charge is -2.25. The van der Waals surface area contributed by atoms with Crippen molar-refractivity contribution in [3.8, 4) is 0 Å². The Hall–Kier alpha value is -1.02. The number of hydrogen-bond acceptors (Lipinski definition) is 5. The van der Waals surface area contributed by atoms with Crippen LogP contribution in [0.15, 0.2) is 24.3 Å². The number of rotatable bonds is 41. The highest BCUT2D eigenvalue weighted by atomic mass is 31.2. The number of unbranched alkanes of at least 4 members (excludes halogenated alkanes) is 26. The largest absolute Gasteiger partial charge is 0.472 e. The third-order valence-corrected chi connectivity index (χ3v) is 11.1. The fraction of sp³-hybridized carbons (Fsp3) is 0.889. The molecule has 0 aliphatic rings. The summed E-state index contributed by atoms with van der Waals surface area (Å²) >= 11 is 0. The number of carbonyl (C=O) groups excluding carboxylic acids is 1. The number of hydrogen-bond donors (Lipinski definition) is 3. The quantitative estimate of drug-likeness (QED) is 0.0247. The third kappa shape index (κ3) is 39.2. The molecule has 0 rings (SSSR count). The molecule has 0 bridgehead atoms. The molecule has 54 heavy (non-hydrogen) atoms. The number of likely N-dealkylation sites (N-methyl/N-ethyl adjacent to an activating group) is 1. The van der Waals surface area contributed by atoms with Gasteiger partial charge in [0.05, 0.1) is 39.9 Å². The molecule has 0 saturated heterocycles. The second-order valence-corrected chi connectivity index (χ2v) is 18.2. The summed E-state index contributed by atoms with van der Waals surface area (Å²) in [5, 5.41) is 13.4. The number of phosphoric acid groups is 1. The molecule has 0 radical (unpaired) electrons. The molecule has 0 aliphatic carbocycles. The molecule has 0 aromatic rings. The van der Waals surface area contributed by atoms with Gasteiger partial charge in [-0.05, 0) is 32.1 Å². The van der Waals surface area contributed by atoms with Crippen LogP contribution in [0.1, 0.15) is 206 Å². The minimum atomic E-state index is -4.31. The van der Waals surface area contributed by atoms with Crippen LogP contribution in [-0.2, 0) is 18.4 Å². The van der Waals surface area contributed by atoms with Gasteiger partial charge in [0.1, 0.15) is 13.2 Å². The van der Waals surface area contributed by atoms with Crippen LogP contribution in [0.4, 0.5) is 0 Å². The van der Waals surface area contributed by atoms with Gasteiger partial charge >= 0.3 is 7.82 Å². The number of aliphatic hydroxyl groups excluding tert-OH is 1. The molecule has 9 heteroatoms. The number of nitrogens with one attached hydrogen (secondary N) is 1. The summed E-state index contributed by atoms with van der Waals surface area (Å²) in [5.41, 5.74) is 0. The molecule has 0 fully saturated rings. The fourth-order valence-electron chi connectivity index (χ4n) is 6.57. The molecule has 0 spiro atoms. The van der Waals surface area contributed by atoms with Crippen molar-refractivity contribution < 1.29 is 32.9 Å². The normalized spacial score (nSPS) is 14.6. The highest BCUT2D eigenvalue weighted by molar-refractivity contribution is 7.47. The highest BCUT2D eigenvalue weighted by Crippen LogP contribution is 2.43. The summed E-state index contributed by atoms with van der Waals surface area (Å²) in [6.45, 7) is 4.44. The predicted octanol–water partition coefficient (Wildman–Crippen LogP) is 12.5. The van der Waals surface area contributed by atoms with Crippen molar-refractivity contribution in [1.82, 2.24) is 5.32 Å². The molecule has 8 nitrogen and oxygen atoms in total. The molecule has 0 aliphatic heterocycles. The van der Waals surface area contributed by atoms with Gasteiger partial charge in [-0.15, -0.1) is 0 Å². The van der Waals surface area contributed by atoms with E-state index in [2.05, 4.69) is 24.4 Å². The average Bonchev–Trinajstić information content (AvgIpc) is 3.11. The molecule has 1 amide bonds. The molecule has 3 unspecified atom stereocenters. The van der Waals surface area contributed by atoms with Crippen molar-refractivity contribution >= 4 is 13.7 Å². The van der Waals surface area contributed by atoms with E-state index in [1.165, 1.54) is 161 Å². The fourth-order valence-corrected chi connectivity index (χ4v) is 7.31. The number of nitrogens with zero attached hydrogens (tertiary/aromatic N) is 1. The van der Waals surface area contributed by atoms with Gasteiger partial charge in [-0.1, -0.05) is 192 Å². The first-order valence-corrected chi connectivity index (χ1v) is 24.2. The number of quaternary nitrogens is 1. The number of amides is 1. The number of aliphatic hydroxyl groups is 1. The molecule has 0 aromatic heterocycles. The second-order valence-electron chi connectivity index (χ2n) is 16.8. The van der Waals surface area contributed by atoms with Gasteiger partial charge in [-0.2, -0.15) is 0 Å². The number of allylic oxidation sites excluding steroid dienone is 3. The van der Waals surface area contributed by atoms with Crippen LogP contribution in [0.3, 0.4) is 0 Å². The van der Waals surface area contributed by atoms with E-state index in [1.807, 2.05) is 34.1 Å². The first kappa shape index (κ1) is 53.0. The Morgan fingerprint density at radius 1 is 0.611 bits per heavy atom. The van der Waals surface area contributed by atoms with E-state index < -0.39 is 20.0 Å². The van der Waals surface area contributed by atoms with Gasteiger partial charge in [-0.3, -0.25) is 13.8 Å². The van der Waals surface area contributed by atoms with Crippen LogP contribution < -0.4 is 5.32 Å². The third-order valence-electron chi connectivity index (χ3n) is 10.1. The predicted molar refractivity (Wildman–Crippen MR) is 231 cm³/mol. The van der Waals surface area contributed by atoms with Crippen molar-refractivity contribution in [3.63, 3.8) is 0 Å². The van der Waals surface area contributed by atoms with Crippen molar-refractivity contribution in [1.29, 1.82) is 0 Å². The zero-order valence-corrected chi connectivity index (χ0v) is 37.1. The Labute approximate surface area is 334 Å². The van der Waals surface area contributed by atoms with Crippen LogP contribution in [0, 0.1) is 0 Å². The van der Waals surface area contributed by atoms with Gasteiger partial charge in [0.2, 0.25) is 5.91 Å². The van der Waals surface area contributed by atoms with Gasteiger partial charge in [-0.25, -0.2) is 4.57 Å². The first-order valence-electron chi connectivity index (χ1n) is 22.7. The molecule has 0 heterocycles. The first-order chi connectivity index (χ1) is 26.0. The van der Waals surface area contributed by atoms with Crippen molar-refractivity contribution in [2.45, 2.75) is 219 Å². The summed E-state index contributed by atoms with van der Waals surface area (Å²) in [7, 11) is 1.55. The summed E-state index contributed by atoms with van der Waals surface area (Å²) in [6, 6.07) is -0.855. The number of phosphoric ester groups is 1. The van der Waals surface area contributed by atoms with E-state index in [-0.39, 0.29) is 19.1 Å². The average molecular weight is 786 g/mol. The standard InChI is InChI=1S/C45H89N2O6P/c1-6-8-9-10-11-12-13-14-15-16-17-18-19-20-21-22-23-24-25-26-27-28-29-30-31-32-33-34-35-36-37-39-44(48)43(46-45(49)38-7-2)42-53-54(50,51)52-41-40-47(3,4)5/h33-34,37,39,43-44,48H,6-32,35-36,38,40-42H2,1-5H3,(H-,46,49,50,51)/p+1/b34-33+,39-37+. The maximum Gasteiger partial charge on any atom is 0.472 e. The van der Waals surface area contributed by atoms with Crippen LogP contribution in [0.5, 0.6) is 0 Å². The van der Waals surface area contributed by atoms with Crippen molar-refractivity contribution in [3.05, 3.63) is 24.3 Å². The lowest BCUT2D eigenvalue weighted by Crippen LogP contribution is -2.45. The maximum absolute atomic E-state index is 12.3. The summed E-state index contributed by atoms with van der Waals surface area (Å²) in [4.78, 5) is 22.3. The second kappa shape index (κ2) is 37.6. The van der Waals surface area contributed by atoms with Crippen LogP contribution in [0.2, 0.25) is 0 Å². The summed E-state index contributed by atoms with van der Waals surface area (Å²) in [6.07, 6.45) is 45.9. The molecule has 3 N–H and O–H groups in total. The van der Waals surface area contributed by atoms with Gasteiger partial charge in [0, 0.05) is 6.42 Å². The van der Waals surface area contributed by atoms with Crippen LogP contribution in [0.25, 0.3) is 0 Å². The van der Waals surface area contributed by atoms with Crippen molar-refractivity contribution in [2.75, 3.05) is 40.9 Å². The zero-order chi connectivity index (χ0) is 40.0. The Morgan fingerprint density at radius 3 is 1.44 bits per heavy atom.